The fourth-order valence-electron chi connectivity index (χ4n) is 2.52. The molecule has 2 atom stereocenters. The number of nitrogens with zero attached hydrogens (tertiary/aromatic N) is 1. The number of aryl methyl sites for hydroxylation is 1. The van der Waals surface area contributed by atoms with Crippen LogP contribution < -0.4 is 5.32 Å². The van der Waals surface area contributed by atoms with Crippen molar-refractivity contribution in [2.75, 3.05) is 6.61 Å². The molecule has 0 spiro atoms. The molecule has 0 saturated carbocycles. The van der Waals surface area contributed by atoms with Gasteiger partial charge in [-0.25, -0.2) is 9.78 Å². The zero-order valence-corrected chi connectivity index (χ0v) is 12.5. The number of rotatable bonds is 6. The third kappa shape index (κ3) is 4.46. The normalized spacial score (nSPS) is 21.3. The summed E-state index contributed by atoms with van der Waals surface area (Å²) in [6.07, 6.45) is -2.99. The number of ether oxygens (including phenoxy) is 1. The van der Waals surface area contributed by atoms with E-state index in [4.69, 9.17) is 9.15 Å². The quantitative estimate of drug-likeness (QED) is 0.807. The summed E-state index contributed by atoms with van der Waals surface area (Å²) in [6.45, 7) is 1.87. The van der Waals surface area contributed by atoms with E-state index in [2.05, 4.69) is 10.3 Å². The molecule has 1 N–H and O–H groups in total. The highest BCUT2D eigenvalue weighted by atomic mass is 19.4. The number of hydrogen-bond acceptors (Lipinski definition) is 5. The topological polar surface area (TPSA) is 81.4 Å². The zero-order valence-electron chi connectivity index (χ0n) is 12.5. The first kappa shape index (κ1) is 17.3. The molecule has 0 aliphatic carbocycles. The van der Waals surface area contributed by atoms with Crippen LogP contribution in [-0.2, 0) is 16.0 Å². The smallest absolute Gasteiger partial charge is 0.394 e. The summed E-state index contributed by atoms with van der Waals surface area (Å²) in [7, 11) is 0. The number of halogens is 3. The molecule has 128 valence electrons. The van der Waals surface area contributed by atoms with E-state index in [0.717, 1.165) is 6.26 Å². The number of amides is 1. The number of alkyl halides is 3. The molecule has 2 rings (SSSR count). The Kier molecular flexibility index (Phi) is 5.27. The van der Waals surface area contributed by atoms with Crippen molar-refractivity contribution in [3.8, 4) is 0 Å². The van der Waals surface area contributed by atoms with Crippen LogP contribution in [0.15, 0.2) is 10.7 Å². The van der Waals surface area contributed by atoms with Gasteiger partial charge in [-0.1, -0.05) is 0 Å². The van der Waals surface area contributed by atoms with Gasteiger partial charge in [0, 0.05) is 18.9 Å². The minimum atomic E-state index is -4.40. The van der Waals surface area contributed by atoms with Gasteiger partial charge in [-0.3, -0.25) is 4.79 Å². The summed E-state index contributed by atoms with van der Waals surface area (Å²) in [5, 5.41) is 2.35. The molecule has 2 unspecified atom stereocenters. The standard InChI is InChI=1S/C14H17F3N2O4/c1-2-22-13(21)10-7-23-12(19-10)5-3-4-9-8(14(15,16)17)6-11(20)18-9/h7-9H,2-6H2,1H3,(H,18,20). The van der Waals surface area contributed by atoms with Crippen molar-refractivity contribution in [3.63, 3.8) is 0 Å². The maximum absolute atomic E-state index is 12.8. The van der Waals surface area contributed by atoms with Crippen LogP contribution in [0.2, 0.25) is 0 Å². The van der Waals surface area contributed by atoms with E-state index in [1.165, 1.54) is 0 Å². The summed E-state index contributed by atoms with van der Waals surface area (Å²) in [5.74, 6) is -2.60. The highest BCUT2D eigenvalue weighted by molar-refractivity contribution is 5.86. The zero-order chi connectivity index (χ0) is 17.0. The van der Waals surface area contributed by atoms with Gasteiger partial charge in [0.15, 0.2) is 11.6 Å². The van der Waals surface area contributed by atoms with E-state index in [1.54, 1.807) is 6.92 Å². The van der Waals surface area contributed by atoms with Crippen LogP contribution in [-0.4, -0.2) is 35.7 Å². The Morgan fingerprint density at radius 3 is 2.91 bits per heavy atom. The molecule has 0 radical (unpaired) electrons. The second kappa shape index (κ2) is 7.01. The van der Waals surface area contributed by atoms with Crippen LogP contribution in [0.4, 0.5) is 13.2 Å². The molecule has 9 heteroatoms. The first-order valence-electron chi connectivity index (χ1n) is 7.29. The SMILES string of the molecule is CCOC(=O)c1coc(CCCC2NC(=O)CC2C(F)(F)F)n1. The van der Waals surface area contributed by atoms with E-state index in [0.29, 0.717) is 6.42 Å². The van der Waals surface area contributed by atoms with Crippen molar-refractivity contribution in [2.24, 2.45) is 5.92 Å². The van der Waals surface area contributed by atoms with Crippen molar-refractivity contribution in [2.45, 2.75) is 44.8 Å². The monoisotopic (exact) mass is 334 g/mol. The maximum Gasteiger partial charge on any atom is 0.394 e. The Labute approximate surface area is 130 Å². The largest absolute Gasteiger partial charge is 0.461 e. The molecule has 0 aromatic carbocycles. The third-order valence-corrected chi connectivity index (χ3v) is 3.60. The lowest BCUT2D eigenvalue weighted by atomic mass is 9.95. The van der Waals surface area contributed by atoms with Gasteiger partial charge in [0.2, 0.25) is 5.91 Å². The summed E-state index contributed by atoms with van der Waals surface area (Å²) < 4.78 is 48.3. The Hall–Kier alpha value is -2.06. The lowest BCUT2D eigenvalue weighted by molar-refractivity contribution is -0.177. The van der Waals surface area contributed by atoms with Gasteiger partial charge in [0.1, 0.15) is 6.26 Å². The first-order valence-corrected chi connectivity index (χ1v) is 7.29. The van der Waals surface area contributed by atoms with Gasteiger partial charge in [-0.15, -0.1) is 0 Å². The van der Waals surface area contributed by atoms with Crippen LogP contribution in [0.5, 0.6) is 0 Å². The van der Waals surface area contributed by atoms with E-state index >= 15 is 0 Å². The molecule has 6 nitrogen and oxygen atoms in total. The summed E-state index contributed by atoms with van der Waals surface area (Å²) >= 11 is 0. The molecule has 1 aromatic heterocycles. The molecule has 1 saturated heterocycles. The Morgan fingerprint density at radius 1 is 1.52 bits per heavy atom. The number of nitrogens with one attached hydrogen (secondary N) is 1. The molecule has 2 heterocycles. The molecule has 0 bridgehead atoms. The number of carbonyl (C=O) groups excluding carboxylic acids is 2. The average molecular weight is 334 g/mol. The minimum absolute atomic E-state index is 0.0317. The van der Waals surface area contributed by atoms with Gasteiger partial charge in [0.25, 0.3) is 0 Å². The molecular formula is C14H17F3N2O4. The minimum Gasteiger partial charge on any atom is -0.461 e. The second-order valence-corrected chi connectivity index (χ2v) is 5.27. The van der Waals surface area contributed by atoms with Crippen molar-refractivity contribution in [3.05, 3.63) is 17.8 Å². The van der Waals surface area contributed by atoms with Crippen LogP contribution in [0.1, 0.15) is 42.6 Å². The second-order valence-electron chi connectivity index (χ2n) is 5.27. The fraction of sp³-hybridized carbons (Fsp3) is 0.643. The van der Waals surface area contributed by atoms with E-state index in [1.807, 2.05) is 0 Å². The Morgan fingerprint density at radius 2 is 2.26 bits per heavy atom. The average Bonchev–Trinajstić information content (AvgIpc) is 3.05. The van der Waals surface area contributed by atoms with Gasteiger partial charge >= 0.3 is 12.1 Å². The fourth-order valence-corrected chi connectivity index (χ4v) is 2.52. The molecule has 1 amide bonds. The van der Waals surface area contributed by atoms with E-state index in [9.17, 15) is 22.8 Å². The van der Waals surface area contributed by atoms with Crippen LogP contribution in [0.3, 0.4) is 0 Å². The van der Waals surface area contributed by atoms with Crippen molar-refractivity contribution < 1.29 is 31.9 Å². The predicted octanol–water partition coefficient (Wildman–Crippen LogP) is 2.24. The van der Waals surface area contributed by atoms with Crippen LogP contribution >= 0.6 is 0 Å². The molecule has 1 aliphatic heterocycles. The highest BCUT2D eigenvalue weighted by Crippen LogP contribution is 2.36. The highest BCUT2D eigenvalue weighted by Gasteiger charge is 2.49. The maximum atomic E-state index is 12.8. The number of aromatic nitrogens is 1. The number of esters is 1. The van der Waals surface area contributed by atoms with Gasteiger partial charge in [0.05, 0.1) is 12.5 Å². The number of oxazole rings is 1. The van der Waals surface area contributed by atoms with Gasteiger partial charge in [-0.05, 0) is 19.8 Å². The predicted molar refractivity (Wildman–Crippen MR) is 71.5 cm³/mol. The lowest BCUT2D eigenvalue weighted by Gasteiger charge is -2.20. The summed E-state index contributed by atoms with van der Waals surface area (Å²) in [6, 6.07) is -0.929. The number of carbonyl (C=O) groups is 2. The first-order chi connectivity index (χ1) is 10.8. The van der Waals surface area contributed by atoms with Crippen molar-refractivity contribution >= 4 is 11.9 Å². The van der Waals surface area contributed by atoms with Crippen LogP contribution in [0, 0.1) is 5.92 Å². The van der Waals surface area contributed by atoms with Gasteiger partial charge < -0.3 is 14.5 Å². The van der Waals surface area contributed by atoms with E-state index < -0.39 is 36.4 Å². The summed E-state index contributed by atoms with van der Waals surface area (Å²) in [5.41, 5.74) is 0.0317. The van der Waals surface area contributed by atoms with Crippen molar-refractivity contribution in [1.82, 2.24) is 10.3 Å². The molecule has 23 heavy (non-hydrogen) atoms. The lowest BCUT2D eigenvalue weighted by Crippen LogP contribution is -2.36. The van der Waals surface area contributed by atoms with E-state index in [-0.39, 0.29) is 31.0 Å². The Bertz CT molecular complexity index is 571. The van der Waals surface area contributed by atoms with Gasteiger partial charge in [-0.2, -0.15) is 13.2 Å². The van der Waals surface area contributed by atoms with Crippen LogP contribution in [0.25, 0.3) is 0 Å². The summed E-state index contributed by atoms with van der Waals surface area (Å²) in [4.78, 5) is 26.5. The molecule has 1 aromatic rings. The Balaban J connectivity index is 1.85. The van der Waals surface area contributed by atoms with Crippen molar-refractivity contribution in [1.29, 1.82) is 0 Å². The number of hydrogen-bond donors (Lipinski definition) is 1. The molecule has 1 aliphatic rings. The molecule has 1 fully saturated rings. The third-order valence-electron chi connectivity index (χ3n) is 3.60. The molecular weight excluding hydrogens is 317 g/mol.